The quantitative estimate of drug-likeness (QED) is 0.780. The maximum absolute atomic E-state index is 4.56. The van der Waals surface area contributed by atoms with Gasteiger partial charge in [0.25, 0.3) is 0 Å². The number of piperazine rings is 1. The number of hydrogen-bond acceptors (Lipinski definition) is 5. The van der Waals surface area contributed by atoms with E-state index in [0.717, 1.165) is 31.4 Å². The summed E-state index contributed by atoms with van der Waals surface area (Å²) in [4.78, 5) is 13.0. The van der Waals surface area contributed by atoms with E-state index in [1.807, 2.05) is 31.3 Å². The van der Waals surface area contributed by atoms with Gasteiger partial charge in [-0.05, 0) is 13.0 Å². The molecule has 1 aliphatic heterocycles. The van der Waals surface area contributed by atoms with Crippen LogP contribution in [0.5, 0.6) is 0 Å². The van der Waals surface area contributed by atoms with Gasteiger partial charge in [0, 0.05) is 46.0 Å². The van der Waals surface area contributed by atoms with Crippen molar-refractivity contribution in [3.05, 3.63) is 12.3 Å². The smallest absolute Gasteiger partial charge is 0.226 e. The topological polar surface area (TPSA) is 44.3 Å². The van der Waals surface area contributed by atoms with Crippen LogP contribution in [0.1, 0.15) is 6.92 Å². The Hall–Kier alpha value is -1.36. The van der Waals surface area contributed by atoms with Gasteiger partial charge in [0.2, 0.25) is 5.95 Å². The van der Waals surface area contributed by atoms with Crippen LogP contribution in [-0.4, -0.2) is 49.7 Å². The fourth-order valence-electron chi connectivity index (χ4n) is 1.90. The number of nitrogens with one attached hydrogen (secondary N) is 1. The number of rotatable bonds is 2. The van der Waals surface area contributed by atoms with Gasteiger partial charge >= 0.3 is 0 Å². The first kappa shape index (κ1) is 11.1. The second kappa shape index (κ2) is 4.65. The van der Waals surface area contributed by atoms with E-state index in [4.69, 9.17) is 0 Å². The van der Waals surface area contributed by atoms with Crippen LogP contribution in [0.3, 0.4) is 0 Å². The van der Waals surface area contributed by atoms with E-state index in [2.05, 4.69) is 27.1 Å². The Balaban J connectivity index is 2.21. The summed E-state index contributed by atoms with van der Waals surface area (Å²) in [6.07, 6.45) is 1.83. The molecule has 0 saturated carbocycles. The van der Waals surface area contributed by atoms with Gasteiger partial charge in [0.1, 0.15) is 5.82 Å². The van der Waals surface area contributed by atoms with Crippen molar-refractivity contribution in [2.45, 2.75) is 13.0 Å². The Bertz CT molecular complexity index is 352. The zero-order valence-corrected chi connectivity index (χ0v) is 10.1. The van der Waals surface area contributed by atoms with Crippen molar-refractivity contribution >= 4 is 11.8 Å². The number of nitrogens with zero attached hydrogens (tertiary/aromatic N) is 4. The Morgan fingerprint density at radius 1 is 1.50 bits per heavy atom. The van der Waals surface area contributed by atoms with Gasteiger partial charge in [-0.1, -0.05) is 0 Å². The van der Waals surface area contributed by atoms with Crippen LogP contribution in [0.4, 0.5) is 11.8 Å². The summed E-state index contributed by atoms with van der Waals surface area (Å²) in [5, 5.41) is 3.38. The summed E-state index contributed by atoms with van der Waals surface area (Å²) in [5.74, 6) is 1.79. The second-order valence-corrected chi connectivity index (χ2v) is 4.36. The Labute approximate surface area is 96.5 Å². The molecule has 0 spiro atoms. The normalized spacial score (nSPS) is 20.9. The minimum absolute atomic E-state index is 0.485. The molecule has 1 N–H and O–H groups in total. The first-order valence-corrected chi connectivity index (χ1v) is 5.66. The zero-order valence-electron chi connectivity index (χ0n) is 10.1. The molecule has 0 radical (unpaired) electrons. The number of aromatic nitrogens is 2. The largest absolute Gasteiger partial charge is 0.351 e. The minimum atomic E-state index is 0.485. The molecule has 5 nitrogen and oxygen atoms in total. The molecule has 1 aliphatic rings. The van der Waals surface area contributed by atoms with Crippen LogP contribution >= 0.6 is 0 Å². The van der Waals surface area contributed by atoms with Gasteiger partial charge in [-0.25, -0.2) is 4.98 Å². The van der Waals surface area contributed by atoms with Crippen LogP contribution in [0.15, 0.2) is 12.3 Å². The van der Waals surface area contributed by atoms with Gasteiger partial charge in [-0.15, -0.1) is 0 Å². The highest BCUT2D eigenvalue weighted by molar-refractivity contribution is 5.44. The van der Waals surface area contributed by atoms with E-state index < -0.39 is 0 Å². The van der Waals surface area contributed by atoms with E-state index in [0.29, 0.717) is 6.04 Å². The second-order valence-electron chi connectivity index (χ2n) is 4.36. The maximum Gasteiger partial charge on any atom is 0.226 e. The van der Waals surface area contributed by atoms with Crippen molar-refractivity contribution in [3.8, 4) is 0 Å². The molecule has 16 heavy (non-hydrogen) atoms. The van der Waals surface area contributed by atoms with E-state index >= 15 is 0 Å². The molecule has 1 saturated heterocycles. The summed E-state index contributed by atoms with van der Waals surface area (Å²) >= 11 is 0. The van der Waals surface area contributed by atoms with Crippen LogP contribution < -0.4 is 15.1 Å². The fraction of sp³-hybridized carbons (Fsp3) is 0.636. The van der Waals surface area contributed by atoms with Gasteiger partial charge in [-0.2, -0.15) is 4.98 Å². The summed E-state index contributed by atoms with van der Waals surface area (Å²) < 4.78 is 0. The average Bonchev–Trinajstić information content (AvgIpc) is 2.30. The lowest BCUT2D eigenvalue weighted by atomic mass is 10.2. The van der Waals surface area contributed by atoms with E-state index in [9.17, 15) is 0 Å². The summed E-state index contributed by atoms with van der Waals surface area (Å²) in [5.41, 5.74) is 0. The van der Waals surface area contributed by atoms with E-state index in [-0.39, 0.29) is 0 Å². The van der Waals surface area contributed by atoms with Gasteiger partial charge in [0.15, 0.2) is 0 Å². The lowest BCUT2D eigenvalue weighted by Gasteiger charge is -2.35. The first-order valence-electron chi connectivity index (χ1n) is 5.66. The maximum atomic E-state index is 4.56. The lowest BCUT2D eigenvalue weighted by molar-refractivity contribution is 0.497. The van der Waals surface area contributed by atoms with Crippen LogP contribution in [-0.2, 0) is 0 Å². The highest BCUT2D eigenvalue weighted by Crippen LogP contribution is 2.17. The summed E-state index contributed by atoms with van der Waals surface area (Å²) in [6, 6.07) is 2.47. The van der Waals surface area contributed by atoms with Crippen molar-refractivity contribution in [2.24, 2.45) is 0 Å². The molecular weight excluding hydrogens is 202 g/mol. The predicted octanol–water partition coefficient (Wildman–Crippen LogP) is 0.341. The fourth-order valence-corrected chi connectivity index (χ4v) is 1.90. The molecular formula is C11H19N5. The molecule has 0 aliphatic carbocycles. The third-order valence-electron chi connectivity index (χ3n) is 2.82. The lowest BCUT2D eigenvalue weighted by Crippen LogP contribution is -2.50. The molecule has 2 heterocycles. The third-order valence-corrected chi connectivity index (χ3v) is 2.82. The summed E-state index contributed by atoms with van der Waals surface area (Å²) in [6.45, 7) is 5.25. The van der Waals surface area contributed by atoms with Crippen molar-refractivity contribution in [1.29, 1.82) is 0 Å². The van der Waals surface area contributed by atoms with Crippen LogP contribution in [0.25, 0.3) is 0 Å². The molecule has 1 fully saturated rings. The van der Waals surface area contributed by atoms with Crippen LogP contribution in [0.2, 0.25) is 0 Å². The van der Waals surface area contributed by atoms with Crippen molar-refractivity contribution in [1.82, 2.24) is 15.3 Å². The third kappa shape index (κ3) is 2.24. The van der Waals surface area contributed by atoms with Gasteiger partial charge < -0.3 is 15.1 Å². The molecule has 1 atom stereocenters. The average molecular weight is 221 g/mol. The summed E-state index contributed by atoms with van der Waals surface area (Å²) in [7, 11) is 3.92. The number of hydrogen-bond donors (Lipinski definition) is 1. The molecule has 1 aromatic rings. The molecule has 1 aromatic heterocycles. The van der Waals surface area contributed by atoms with Crippen molar-refractivity contribution in [2.75, 3.05) is 43.5 Å². The molecule has 0 bridgehead atoms. The molecule has 0 amide bonds. The van der Waals surface area contributed by atoms with Crippen molar-refractivity contribution < 1.29 is 0 Å². The Morgan fingerprint density at radius 2 is 2.31 bits per heavy atom. The molecule has 1 unspecified atom stereocenters. The Morgan fingerprint density at radius 3 is 3.00 bits per heavy atom. The molecule has 0 aromatic carbocycles. The van der Waals surface area contributed by atoms with Gasteiger partial charge in [0.05, 0.1) is 0 Å². The van der Waals surface area contributed by atoms with Crippen LogP contribution in [0, 0.1) is 0 Å². The first-order chi connectivity index (χ1) is 7.68. The standard InChI is InChI=1S/C11H19N5/c1-9-8-12-6-7-16(9)10-4-5-13-11(14-10)15(2)3/h4-5,9,12H,6-8H2,1-3H3. The minimum Gasteiger partial charge on any atom is -0.351 e. The van der Waals surface area contributed by atoms with Gasteiger partial charge in [-0.3, -0.25) is 0 Å². The molecule has 88 valence electrons. The van der Waals surface area contributed by atoms with Crippen molar-refractivity contribution in [3.63, 3.8) is 0 Å². The predicted molar refractivity (Wildman–Crippen MR) is 66.0 cm³/mol. The zero-order chi connectivity index (χ0) is 11.5. The number of anilines is 2. The monoisotopic (exact) mass is 221 g/mol. The van der Waals surface area contributed by atoms with E-state index in [1.54, 1.807) is 0 Å². The SMILES string of the molecule is CC1CNCCN1c1ccnc(N(C)C)n1. The highest BCUT2D eigenvalue weighted by atomic mass is 15.3. The van der Waals surface area contributed by atoms with E-state index in [1.165, 1.54) is 0 Å². The molecule has 2 rings (SSSR count). The Kier molecular flexibility index (Phi) is 3.24. The molecule has 5 heteroatoms. The highest BCUT2D eigenvalue weighted by Gasteiger charge is 2.19.